The summed E-state index contributed by atoms with van der Waals surface area (Å²) in [7, 11) is 0. The van der Waals surface area contributed by atoms with Gasteiger partial charge in [0.15, 0.2) is 5.75 Å². The second-order valence-corrected chi connectivity index (χ2v) is 5.73. The third-order valence-corrected chi connectivity index (χ3v) is 3.85. The maximum absolute atomic E-state index is 12.9. The minimum absolute atomic E-state index is 0.143. The molecule has 0 spiro atoms. The van der Waals surface area contributed by atoms with Crippen LogP contribution in [0.15, 0.2) is 52.9 Å². The van der Waals surface area contributed by atoms with Crippen molar-refractivity contribution in [1.29, 1.82) is 0 Å². The summed E-state index contributed by atoms with van der Waals surface area (Å²) >= 11 is 11.7. The van der Waals surface area contributed by atoms with Crippen molar-refractivity contribution in [1.82, 2.24) is 0 Å². The van der Waals surface area contributed by atoms with Crippen LogP contribution in [0.5, 0.6) is 5.75 Å². The number of anilines is 1. The van der Waals surface area contributed by atoms with Gasteiger partial charge in [-0.3, -0.25) is 0 Å². The Bertz CT molecular complexity index is 808. The molecule has 0 bridgehead atoms. The van der Waals surface area contributed by atoms with E-state index in [1.807, 2.05) is 12.1 Å². The molecule has 0 atom stereocenters. The Labute approximate surface area is 142 Å². The molecule has 6 heteroatoms. The number of halogens is 3. The van der Waals surface area contributed by atoms with Crippen molar-refractivity contribution in [3.63, 3.8) is 0 Å². The second-order valence-electron chi connectivity index (χ2n) is 4.91. The number of hydrogen-bond donors (Lipinski definition) is 2. The highest BCUT2D eigenvalue weighted by atomic mass is 35.5. The smallest absolute Gasteiger partial charge is 0.152 e. The highest BCUT2D eigenvalue weighted by Crippen LogP contribution is 2.34. The lowest BCUT2D eigenvalue weighted by molar-refractivity contribution is 0.476. The van der Waals surface area contributed by atoms with E-state index in [2.05, 4.69) is 5.32 Å². The molecule has 2 N–H and O–H groups in total. The van der Waals surface area contributed by atoms with Gasteiger partial charge < -0.3 is 14.8 Å². The average molecular weight is 352 g/mol. The highest BCUT2D eigenvalue weighted by molar-refractivity contribution is 6.37. The lowest BCUT2D eigenvalue weighted by atomic mass is 10.2. The van der Waals surface area contributed by atoms with Crippen LogP contribution in [-0.2, 0) is 6.54 Å². The van der Waals surface area contributed by atoms with Crippen LogP contribution >= 0.6 is 23.2 Å². The first kappa shape index (κ1) is 15.7. The fourth-order valence-electron chi connectivity index (χ4n) is 2.10. The standard InChI is InChI=1S/C17H12Cl2FNO2/c18-14-7-12(8-15(19)17(14)22)21-9-13-5-6-16(23-13)10-1-3-11(20)4-2-10/h1-8,21-22H,9H2. The van der Waals surface area contributed by atoms with Gasteiger partial charge in [-0.2, -0.15) is 0 Å². The minimum Gasteiger partial charge on any atom is -0.505 e. The summed E-state index contributed by atoms with van der Waals surface area (Å²) in [5.74, 6) is 0.923. The van der Waals surface area contributed by atoms with E-state index in [0.717, 1.165) is 5.56 Å². The Morgan fingerprint density at radius 3 is 2.30 bits per heavy atom. The molecule has 0 amide bonds. The fourth-order valence-corrected chi connectivity index (χ4v) is 2.59. The number of phenols is 1. The van der Waals surface area contributed by atoms with Crippen LogP contribution in [0.3, 0.4) is 0 Å². The molecule has 0 saturated carbocycles. The third kappa shape index (κ3) is 3.60. The summed E-state index contributed by atoms with van der Waals surface area (Å²) in [4.78, 5) is 0. The van der Waals surface area contributed by atoms with Gasteiger partial charge in [0.05, 0.1) is 16.6 Å². The third-order valence-electron chi connectivity index (χ3n) is 3.27. The Morgan fingerprint density at radius 2 is 1.65 bits per heavy atom. The van der Waals surface area contributed by atoms with Crippen LogP contribution in [0, 0.1) is 5.82 Å². The predicted molar refractivity (Wildman–Crippen MR) is 89.6 cm³/mol. The van der Waals surface area contributed by atoms with Gasteiger partial charge in [-0.1, -0.05) is 23.2 Å². The number of furan rings is 1. The van der Waals surface area contributed by atoms with Crippen LogP contribution in [0.25, 0.3) is 11.3 Å². The Morgan fingerprint density at radius 1 is 1.00 bits per heavy atom. The van der Waals surface area contributed by atoms with E-state index < -0.39 is 0 Å². The summed E-state index contributed by atoms with van der Waals surface area (Å²) in [5, 5.41) is 13.0. The number of phenolic OH excluding ortho intramolecular Hbond substituents is 1. The molecule has 23 heavy (non-hydrogen) atoms. The zero-order valence-corrected chi connectivity index (χ0v) is 13.3. The molecular formula is C17H12Cl2FNO2. The molecule has 0 aliphatic rings. The molecule has 3 aromatic rings. The summed E-state index contributed by atoms with van der Waals surface area (Å²) in [5.41, 5.74) is 1.46. The van der Waals surface area contributed by atoms with Crippen LogP contribution in [0.4, 0.5) is 10.1 Å². The van der Waals surface area contributed by atoms with Crippen molar-refractivity contribution in [3.05, 3.63) is 70.2 Å². The van der Waals surface area contributed by atoms with Crippen LogP contribution in [0.1, 0.15) is 5.76 Å². The van der Waals surface area contributed by atoms with Crippen LogP contribution < -0.4 is 5.32 Å². The molecule has 0 radical (unpaired) electrons. The molecule has 1 heterocycles. The Hall–Kier alpha value is -2.17. The predicted octanol–water partition coefficient (Wildman–Crippen LogP) is 5.71. The van der Waals surface area contributed by atoms with E-state index in [1.54, 1.807) is 24.3 Å². The number of hydrogen-bond acceptors (Lipinski definition) is 3. The molecule has 0 fully saturated rings. The maximum Gasteiger partial charge on any atom is 0.152 e. The van der Waals surface area contributed by atoms with E-state index in [0.29, 0.717) is 23.8 Å². The summed E-state index contributed by atoms with van der Waals surface area (Å²) in [6.07, 6.45) is 0. The number of nitrogens with one attached hydrogen (secondary N) is 1. The normalized spacial score (nSPS) is 10.7. The first-order chi connectivity index (χ1) is 11.0. The minimum atomic E-state index is -0.289. The molecule has 3 nitrogen and oxygen atoms in total. The number of rotatable bonds is 4. The van der Waals surface area contributed by atoms with Gasteiger partial charge in [0.1, 0.15) is 17.3 Å². The van der Waals surface area contributed by atoms with E-state index in [-0.39, 0.29) is 21.6 Å². The summed E-state index contributed by atoms with van der Waals surface area (Å²) in [6, 6.07) is 12.9. The van der Waals surface area contributed by atoms with Gasteiger partial charge in [-0.25, -0.2) is 4.39 Å². The maximum atomic E-state index is 12.9. The van der Waals surface area contributed by atoms with Crippen molar-refractivity contribution < 1.29 is 13.9 Å². The summed E-state index contributed by atoms with van der Waals surface area (Å²) in [6.45, 7) is 0.415. The Balaban J connectivity index is 1.71. The number of aromatic hydroxyl groups is 1. The van der Waals surface area contributed by atoms with Crippen molar-refractivity contribution in [2.24, 2.45) is 0 Å². The van der Waals surface area contributed by atoms with Gasteiger partial charge in [-0.15, -0.1) is 0 Å². The molecule has 3 rings (SSSR count). The molecule has 118 valence electrons. The Kier molecular flexibility index (Phi) is 4.46. The average Bonchev–Trinajstić information content (AvgIpc) is 3.00. The van der Waals surface area contributed by atoms with Crippen LogP contribution in [-0.4, -0.2) is 5.11 Å². The first-order valence-electron chi connectivity index (χ1n) is 6.79. The van der Waals surface area contributed by atoms with E-state index in [4.69, 9.17) is 27.6 Å². The molecular weight excluding hydrogens is 340 g/mol. The van der Waals surface area contributed by atoms with Crippen molar-refractivity contribution >= 4 is 28.9 Å². The lowest BCUT2D eigenvalue weighted by Gasteiger charge is -2.07. The zero-order chi connectivity index (χ0) is 16.4. The van der Waals surface area contributed by atoms with Gasteiger partial charge in [0.2, 0.25) is 0 Å². The van der Waals surface area contributed by atoms with E-state index in [1.165, 1.54) is 12.1 Å². The van der Waals surface area contributed by atoms with Crippen LogP contribution in [0.2, 0.25) is 10.0 Å². The SMILES string of the molecule is Oc1c(Cl)cc(NCc2ccc(-c3ccc(F)cc3)o2)cc1Cl. The molecule has 0 saturated heterocycles. The zero-order valence-electron chi connectivity index (χ0n) is 11.8. The first-order valence-corrected chi connectivity index (χ1v) is 7.55. The molecule has 1 aromatic heterocycles. The van der Waals surface area contributed by atoms with Gasteiger partial charge in [0.25, 0.3) is 0 Å². The largest absolute Gasteiger partial charge is 0.505 e. The topological polar surface area (TPSA) is 45.4 Å². The summed E-state index contributed by atoms with van der Waals surface area (Å²) < 4.78 is 18.6. The highest BCUT2D eigenvalue weighted by Gasteiger charge is 2.08. The second kappa shape index (κ2) is 6.52. The lowest BCUT2D eigenvalue weighted by Crippen LogP contribution is -1.98. The monoisotopic (exact) mass is 351 g/mol. The molecule has 2 aromatic carbocycles. The van der Waals surface area contributed by atoms with Crippen molar-refractivity contribution in [3.8, 4) is 17.1 Å². The van der Waals surface area contributed by atoms with E-state index in [9.17, 15) is 9.50 Å². The molecule has 0 unspecified atom stereocenters. The van der Waals surface area contributed by atoms with Gasteiger partial charge in [0, 0.05) is 11.3 Å². The van der Waals surface area contributed by atoms with Crippen molar-refractivity contribution in [2.45, 2.75) is 6.54 Å². The fraction of sp³-hybridized carbons (Fsp3) is 0.0588. The number of benzene rings is 2. The van der Waals surface area contributed by atoms with Crippen molar-refractivity contribution in [2.75, 3.05) is 5.32 Å². The quantitative estimate of drug-likeness (QED) is 0.591. The van der Waals surface area contributed by atoms with Gasteiger partial charge >= 0.3 is 0 Å². The molecule has 0 aliphatic carbocycles. The van der Waals surface area contributed by atoms with E-state index >= 15 is 0 Å². The molecule has 0 aliphatic heterocycles. The van der Waals surface area contributed by atoms with Gasteiger partial charge in [-0.05, 0) is 48.5 Å².